The summed E-state index contributed by atoms with van der Waals surface area (Å²) in [6, 6.07) is 6.31. The summed E-state index contributed by atoms with van der Waals surface area (Å²) in [5.41, 5.74) is 0.724. The fraction of sp³-hybridized carbons (Fsp3) is 0.294. The van der Waals surface area contributed by atoms with Gasteiger partial charge in [0.05, 0.1) is 19.0 Å². The molecule has 0 saturated carbocycles. The molecule has 2 rings (SSSR count). The zero-order valence-corrected chi connectivity index (χ0v) is 14.5. The molecule has 0 saturated heterocycles. The Kier molecular flexibility index (Phi) is 6.31. The van der Waals surface area contributed by atoms with Crippen molar-refractivity contribution in [2.45, 2.75) is 26.2 Å². The number of amides is 1. The van der Waals surface area contributed by atoms with Gasteiger partial charge in [0.1, 0.15) is 11.3 Å². The highest BCUT2D eigenvalue weighted by Crippen LogP contribution is 2.18. The monoisotopic (exact) mass is 360 g/mol. The van der Waals surface area contributed by atoms with Gasteiger partial charge in [-0.15, -0.1) is 0 Å². The van der Waals surface area contributed by atoms with E-state index < -0.39 is 17.1 Å². The number of ether oxygens (including phenoxy) is 1. The van der Waals surface area contributed by atoms with Crippen LogP contribution in [0.5, 0.6) is 11.6 Å². The molecule has 9 nitrogen and oxygen atoms in total. The molecule has 0 bridgehead atoms. The van der Waals surface area contributed by atoms with E-state index in [1.807, 2.05) is 6.92 Å². The number of nitrogens with one attached hydrogen (secondary N) is 2. The molecular formula is C17H20N4O5. The third kappa shape index (κ3) is 4.38. The van der Waals surface area contributed by atoms with Crippen molar-refractivity contribution >= 4 is 12.1 Å². The number of unbranched alkanes of at least 4 members (excludes halogenated alkanes) is 1. The zero-order chi connectivity index (χ0) is 19.1. The highest BCUT2D eigenvalue weighted by atomic mass is 16.5. The number of carbonyl (C=O) groups is 1. The van der Waals surface area contributed by atoms with Crippen LogP contribution in [-0.2, 0) is 4.79 Å². The van der Waals surface area contributed by atoms with Gasteiger partial charge >= 0.3 is 5.69 Å². The minimum atomic E-state index is -0.816. The molecule has 1 aromatic carbocycles. The van der Waals surface area contributed by atoms with Crippen molar-refractivity contribution in [1.29, 1.82) is 0 Å². The second kappa shape index (κ2) is 8.65. The van der Waals surface area contributed by atoms with Gasteiger partial charge in [-0.3, -0.25) is 14.6 Å². The van der Waals surface area contributed by atoms with Crippen LogP contribution in [0.15, 0.2) is 39.0 Å². The number of aromatic hydroxyl groups is 1. The quantitative estimate of drug-likeness (QED) is 0.499. The number of hydrazone groups is 1. The molecule has 1 aromatic heterocycles. The van der Waals surface area contributed by atoms with Gasteiger partial charge < -0.3 is 9.84 Å². The van der Waals surface area contributed by atoms with Gasteiger partial charge in [-0.25, -0.2) is 14.8 Å². The molecule has 26 heavy (non-hydrogen) atoms. The molecule has 0 fully saturated rings. The fourth-order valence-corrected chi connectivity index (χ4v) is 2.19. The SMILES string of the molecule is CCCCC(=O)N/N=C\c1c(O)n(-c2ccc(OC)cc2)c(=O)[nH]c1=O. The molecule has 0 aliphatic carbocycles. The van der Waals surface area contributed by atoms with Crippen LogP contribution in [0.25, 0.3) is 5.69 Å². The van der Waals surface area contributed by atoms with Crippen LogP contribution in [0, 0.1) is 0 Å². The number of rotatable bonds is 7. The van der Waals surface area contributed by atoms with Gasteiger partial charge in [-0.2, -0.15) is 5.10 Å². The largest absolute Gasteiger partial charge is 0.497 e. The van der Waals surface area contributed by atoms with Crippen LogP contribution >= 0.6 is 0 Å². The van der Waals surface area contributed by atoms with E-state index in [2.05, 4.69) is 15.5 Å². The maximum Gasteiger partial charge on any atom is 0.335 e. The van der Waals surface area contributed by atoms with E-state index in [0.29, 0.717) is 17.9 Å². The summed E-state index contributed by atoms with van der Waals surface area (Å²) in [6.07, 6.45) is 2.89. The van der Waals surface area contributed by atoms with Crippen LogP contribution in [-0.4, -0.2) is 33.9 Å². The summed E-state index contributed by atoms with van der Waals surface area (Å²) < 4.78 is 5.96. The molecule has 2 aromatic rings. The lowest BCUT2D eigenvalue weighted by Crippen LogP contribution is -2.31. The molecule has 0 atom stereocenters. The van der Waals surface area contributed by atoms with Gasteiger partial charge in [0, 0.05) is 6.42 Å². The first-order valence-corrected chi connectivity index (χ1v) is 8.02. The predicted octanol–water partition coefficient (Wildman–Crippen LogP) is 0.880. The number of hydrogen-bond acceptors (Lipinski definition) is 6. The Morgan fingerprint density at radius 1 is 1.35 bits per heavy atom. The van der Waals surface area contributed by atoms with Crippen molar-refractivity contribution in [3.8, 4) is 17.3 Å². The lowest BCUT2D eigenvalue weighted by Gasteiger charge is -2.10. The maximum absolute atomic E-state index is 12.1. The Morgan fingerprint density at radius 3 is 2.65 bits per heavy atom. The molecule has 3 N–H and O–H groups in total. The Hall–Kier alpha value is -3.36. The van der Waals surface area contributed by atoms with Crippen molar-refractivity contribution in [2.75, 3.05) is 7.11 Å². The van der Waals surface area contributed by atoms with E-state index in [1.54, 1.807) is 24.3 Å². The Morgan fingerprint density at radius 2 is 2.04 bits per heavy atom. The summed E-state index contributed by atoms with van der Waals surface area (Å²) >= 11 is 0. The molecule has 0 aliphatic rings. The van der Waals surface area contributed by atoms with E-state index in [4.69, 9.17) is 4.74 Å². The molecule has 9 heteroatoms. The first-order valence-electron chi connectivity index (χ1n) is 8.02. The van der Waals surface area contributed by atoms with Gasteiger partial charge in [-0.1, -0.05) is 13.3 Å². The summed E-state index contributed by atoms with van der Waals surface area (Å²) in [6.45, 7) is 1.95. The molecule has 0 aliphatic heterocycles. The number of benzene rings is 1. The summed E-state index contributed by atoms with van der Waals surface area (Å²) in [5, 5.41) is 14.0. The van der Waals surface area contributed by atoms with E-state index in [-0.39, 0.29) is 11.5 Å². The van der Waals surface area contributed by atoms with E-state index in [0.717, 1.165) is 23.6 Å². The lowest BCUT2D eigenvalue weighted by molar-refractivity contribution is -0.121. The van der Waals surface area contributed by atoms with Crippen molar-refractivity contribution < 1.29 is 14.6 Å². The molecule has 1 amide bonds. The zero-order valence-electron chi connectivity index (χ0n) is 14.5. The molecule has 138 valence electrons. The Balaban J connectivity index is 2.35. The number of methoxy groups -OCH3 is 1. The fourth-order valence-electron chi connectivity index (χ4n) is 2.19. The smallest absolute Gasteiger partial charge is 0.335 e. The maximum atomic E-state index is 12.1. The average Bonchev–Trinajstić information content (AvgIpc) is 2.63. The van der Waals surface area contributed by atoms with Crippen LogP contribution in [0.2, 0.25) is 0 Å². The number of nitrogens with zero attached hydrogens (tertiary/aromatic N) is 2. The van der Waals surface area contributed by atoms with Crippen LogP contribution in [0.1, 0.15) is 31.7 Å². The van der Waals surface area contributed by atoms with Crippen molar-refractivity contribution in [3.05, 3.63) is 50.7 Å². The van der Waals surface area contributed by atoms with E-state index >= 15 is 0 Å². The van der Waals surface area contributed by atoms with Crippen molar-refractivity contribution in [3.63, 3.8) is 0 Å². The Bertz CT molecular complexity index is 912. The third-order valence-corrected chi connectivity index (χ3v) is 3.59. The minimum absolute atomic E-state index is 0.254. The number of hydrogen-bond donors (Lipinski definition) is 3. The number of H-pyrrole nitrogens is 1. The van der Waals surface area contributed by atoms with Crippen molar-refractivity contribution in [2.24, 2.45) is 5.10 Å². The second-order valence-electron chi connectivity index (χ2n) is 5.43. The number of aromatic amines is 1. The average molecular weight is 360 g/mol. The van der Waals surface area contributed by atoms with Gasteiger partial charge in [-0.05, 0) is 30.7 Å². The number of carbonyl (C=O) groups excluding carboxylic acids is 1. The Labute approximate surface area is 149 Å². The topological polar surface area (TPSA) is 126 Å². The van der Waals surface area contributed by atoms with Crippen LogP contribution in [0.3, 0.4) is 0 Å². The normalized spacial score (nSPS) is 10.8. The molecule has 1 heterocycles. The van der Waals surface area contributed by atoms with Crippen LogP contribution < -0.4 is 21.4 Å². The van der Waals surface area contributed by atoms with Gasteiger partial charge in [0.15, 0.2) is 0 Å². The molecular weight excluding hydrogens is 340 g/mol. The van der Waals surface area contributed by atoms with E-state index in [9.17, 15) is 19.5 Å². The third-order valence-electron chi connectivity index (χ3n) is 3.59. The van der Waals surface area contributed by atoms with E-state index in [1.165, 1.54) is 7.11 Å². The summed E-state index contributed by atoms with van der Waals surface area (Å²) in [7, 11) is 1.50. The highest BCUT2D eigenvalue weighted by molar-refractivity contribution is 5.84. The standard InChI is InChI=1S/C17H20N4O5/c1-3-4-5-14(22)20-18-10-13-15(23)19-17(25)21(16(13)24)11-6-8-12(26-2)9-7-11/h6-10,24H,3-5H2,1-2H3,(H,20,22)(H,19,23,25)/b18-10-. The summed E-state index contributed by atoms with van der Waals surface area (Å²) in [5.74, 6) is -0.319. The second-order valence-corrected chi connectivity index (χ2v) is 5.43. The highest BCUT2D eigenvalue weighted by Gasteiger charge is 2.14. The van der Waals surface area contributed by atoms with Crippen LogP contribution in [0.4, 0.5) is 0 Å². The minimum Gasteiger partial charge on any atom is -0.497 e. The first kappa shape index (κ1) is 19.0. The first-order chi connectivity index (χ1) is 12.5. The lowest BCUT2D eigenvalue weighted by atomic mass is 10.2. The molecule has 0 spiro atoms. The molecule has 0 radical (unpaired) electrons. The van der Waals surface area contributed by atoms with Gasteiger partial charge in [0.2, 0.25) is 11.8 Å². The molecule has 0 unspecified atom stereocenters. The predicted molar refractivity (Wildman–Crippen MR) is 96.1 cm³/mol. The van der Waals surface area contributed by atoms with Crippen molar-refractivity contribution in [1.82, 2.24) is 15.0 Å². The summed E-state index contributed by atoms with van der Waals surface area (Å²) in [4.78, 5) is 37.6. The van der Waals surface area contributed by atoms with Gasteiger partial charge in [0.25, 0.3) is 5.56 Å². The number of aromatic nitrogens is 2.